The van der Waals surface area contributed by atoms with Gasteiger partial charge in [0, 0.05) is 17.3 Å². The molecule has 0 aliphatic carbocycles. The molecule has 4 nitrogen and oxygen atoms in total. The fraction of sp³-hybridized carbons (Fsp3) is 0.706. The van der Waals surface area contributed by atoms with Crippen LogP contribution < -0.4 is 11.1 Å². The summed E-state index contributed by atoms with van der Waals surface area (Å²) in [6.07, 6.45) is 2.89. The Morgan fingerprint density at radius 2 is 1.90 bits per heavy atom. The van der Waals surface area contributed by atoms with Crippen molar-refractivity contribution in [3.8, 4) is 0 Å². The van der Waals surface area contributed by atoms with E-state index in [2.05, 4.69) is 62.8 Å². The summed E-state index contributed by atoms with van der Waals surface area (Å²) in [6.45, 7) is 16.2. The number of pyridine rings is 1. The zero-order valence-electron chi connectivity index (χ0n) is 14.5. The molecule has 0 saturated carbocycles. The van der Waals surface area contributed by atoms with Crippen molar-refractivity contribution < 1.29 is 0 Å². The Morgan fingerprint density at radius 1 is 1.29 bits per heavy atom. The minimum atomic E-state index is 0.0170. The quantitative estimate of drug-likeness (QED) is 0.773. The fourth-order valence-corrected chi connectivity index (χ4v) is 3.26. The van der Waals surface area contributed by atoms with Gasteiger partial charge in [0.25, 0.3) is 0 Å². The second-order valence-corrected chi connectivity index (χ2v) is 5.86. The standard InChI is InChI=1S/C17H32N4/c1-7-17(6,21(9-3)10-4)15(19-8-2)14-11-13(5)12-20-16(14)18/h11-12,15,19H,7-10H2,1-6H3,(H2,18,20). The molecule has 0 fully saturated rings. The highest BCUT2D eigenvalue weighted by atomic mass is 15.2. The van der Waals surface area contributed by atoms with Crippen LogP contribution in [0.1, 0.15) is 58.2 Å². The first kappa shape index (κ1) is 17.9. The number of nitrogens with one attached hydrogen (secondary N) is 1. The Kier molecular flexibility index (Phi) is 6.62. The van der Waals surface area contributed by atoms with E-state index in [-0.39, 0.29) is 11.6 Å². The summed E-state index contributed by atoms with van der Waals surface area (Å²) < 4.78 is 0. The molecule has 3 N–H and O–H groups in total. The Hall–Kier alpha value is -1.13. The van der Waals surface area contributed by atoms with E-state index < -0.39 is 0 Å². The van der Waals surface area contributed by atoms with Crippen molar-refractivity contribution in [2.45, 2.75) is 59.5 Å². The van der Waals surface area contributed by atoms with Crippen molar-refractivity contribution in [3.63, 3.8) is 0 Å². The molecule has 1 aromatic rings. The average molecular weight is 292 g/mol. The van der Waals surface area contributed by atoms with Crippen LogP contribution in [0.3, 0.4) is 0 Å². The van der Waals surface area contributed by atoms with Crippen molar-refractivity contribution in [3.05, 3.63) is 23.4 Å². The fourth-order valence-electron chi connectivity index (χ4n) is 3.26. The van der Waals surface area contributed by atoms with Crippen molar-refractivity contribution >= 4 is 5.82 Å². The maximum Gasteiger partial charge on any atom is 0.128 e. The zero-order chi connectivity index (χ0) is 16.0. The molecule has 1 rings (SSSR count). The number of aromatic nitrogens is 1. The lowest BCUT2D eigenvalue weighted by atomic mass is 9.82. The van der Waals surface area contributed by atoms with Gasteiger partial charge in [0.05, 0.1) is 6.04 Å². The van der Waals surface area contributed by atoms with Gasteiger partial charge in [-0.05, 0) is 51.5 Å². The Morgan fingerprint density at radius 3 is 2.38 bits per heavy atom. The Labute approximate surface area is 130 Å². The topological polar surface area (TPSA) is 54.2 Å². The number of nitrogens with zero attached hydrogens (tertiary/aromatic N) is 2. The van der Waals surface area contributed by atoms with Gasteiger partial charge in [0.1, 0.15) is 5.82 Å². The van der Waals surface area contributed by atoms with Crippen molar-refractivity contribution in [2.24, 2.45) is 0 Å². The van der Waals surface area contributed by atoms with Crippen LogP contribution in [0.15, 0.2) is 12.3 Å². The number of anilines is 1. The maximum absolute atomic E-state index is 6.19. The number of likely N-dealkylation sites (N-methyl/N-ethyl adjacent to an activating group) is 2. The van der Waals surface area contributed by atoms with Gasteiger partial charge in [-0.15, -0.1) is 0 Å². The molecule has 2 atom stereocenters. The molecular weight excluding hydrogens is 260 g/mol. The lowest BCUT2D eigenvalue weighted by molar-refractivity contribution is 0.0706. The van der Waals surface area contributed by atoms with Gasteiger partial charge in [0.2, 0.25) is 0 Å². The maximum atomic E-state index is 6.19. The van der Waals surface area contributed by atoms with Gasteiger partial charge in [0.15, 0.2) is 0 Å². The normalized spacial score (nSPS) is 16.0. The summed E-state index contributed by atoms with van der Waals surface area (Å²) >= 11 is 0. The summed E-state index contributed by atoms with van der Waals surface area (Å²) in [5, 5.41) is 3.65. The van der Waals surface area contributed by atoms with Crippen molar-refractivity contribution in [1.29, 1.82) is 0 Å². The average Bonchev–Trinajstić information content (AvgIpc) is 2.48. The van der Waals surface area contributed by atoms with Gasteiger partial charge >= 0.3 is 0 Å². The number of hydrogen-bond acceptors (Lipinski definition) is 4. The number of rotatable bonds is 8. The minimum absolute atomic E-state index is 0.0170. The minimum Gasteiger partial charge on any atom is -0.383 e. The highest BCUT2D eigenvalue weighted by Crippen LogP contribution is 2.36. The van der Waals surface area contributed by atoms with Crippen LogP contribution in [-0.4, -0.2) is 35.1 Å². The molecule has 0 aliphatic heterocycles. The number of nitrogens with two attached hydrogens (primary N) is 1. The number of hydrogen-bond donors (Lipinski definition) is 2. The molecule has 2 unspecified atom stereocenters. The summed E-state index contributed by atoms with van der Waals surface area (Å²) in [7, 11) is 0. The molecule has 1 aromatic heterocycles. The number of nitrogen functional groups attached to an aromatic ring is 1. The largest absolute Gasteiger partial charge is 0.383 e. The Balaban J connectivity index is 3.34. The molecule has 21 heavy (non-hydrogen) atoms. The van der Waals surface area contributed by atoms with Crippen molar-refractivity contribution in [1.82, 2.24) is 15.2 Å². The van der Waals surface area contributed by atoms with Gasteiger partial charge in [-0.3, -0.25) is 4.90 Å². The van der Waals surface area contributed by atoms with Gasteiger partial charge < -0.3 is 11.1 Å². The van der Waals surface area contributed by atoms with E-state index in [9.17, 15) is 0 Å². The molecule has 0 bridgehead atoms. The van der Waals surface area contributed by atoms with Crippen LogP contribution in [-0.2, 0) is 0 Å². The number of aryl methyl sites for hydroxylation is 1. The highest BCUT2D eigenvalue weighted by Gasteiger charge is 2.38. The third-order valence-corrected chi connectivity index (χ3v) is 4.63. The van der Waals surface area contributed by atoms with Crippen LogP contribution >= 0.6 is 0 Å². The van der Waals surface area contributed by atoms with Crippen LogP contribution in [0.5, 0.6) is 0 Å². The SMILES string of the molecule is CCNC(c1cc(C)cnc1N)C(C)(CC)N(CC)CC. The summed E-state index contributed by atoms with van der Waals surface area (Å²) in [5.74, 6) is 0.637. The van der Waals surface area contributed by atoms with E-state index in [1.807, 2.05) is 6.20 Å². The molecule has 0 saturated heterocycles. The van der Waals surface area contributed by atoms with E-state index in [0.29, 0.717) is 5.82 Å². The van der Waals surface area contributed by atoms with Crippen LogP contribution in [0, 0.1) is 6.92 Å². The summed E-state index contributed by atoms with van der Waals surface area (Å²) in [6, 6.07) is 2.35. The van der Waals surface area contributed by atoms with E-state index in [1.165, 1.54) is 0 Å². The predicted octanol–water partition coefficient (Wildman–Crippen LogP) is 3.13. The molecule has 4 heteroatoms. The monoisotopic (exact) mass is 292 g/mol. The van der Waals surface area contributed by atoms with Gasteiger partial charge in [-0.1, -0.05) is 27.7 Å². The first-order valence-electron chi connectivity index (χ1n) is 8.14. The van der Waals surface area contributed by atoms with Crippen LogP contribution in [0.25, 0.3) is 0 Å². The predicted molar refractivity (Wildman–Crippen MR) is 91.4 cm³/mol. The van der Waals surface area contributed by atoms with Crippen LogP contribution in [0.4, 0.5) is 5.82 Å². The molecule has 120 valence electrons. The first-order chi connectivity index (χ1) is 9.94. The lowest BCUT2D eigenvalue weighted by Gasteiger charge is -2.46. The van der Waals surface area contributed by atoms with Crippen molar-refractivity contribution in [2.75, 3.05) is 25.4 Å². The Bertz CT molecular complexity index is 442. The summed E-state index contributed by atoms with van der Waals surface area (Å²) in [5.41, 5.74) is 8.47. The molecule has 1 heterocycles. The third kappa shape index (κ3) is 3.74. The molecule has 0 aliphatic rings. The molecule has 0 radical (unpaired) electrons. The first-order valence-corrected chi connectivity index (χ1v) is 8.14. The molecule has 0 aromatic carbocycles. The summed E-state index contributed by atoms with van der Waals surface area (Å²) in [4.78, 5) is 6.88. The van der Waals surface area contributed by atoms with E-state index in [4.69, 9.17) is 5.73 Å². The van der Waals surface area contributed by atoms with E-state index >= 15 is 0 Å². The second kappa shape index (κ2) is 7.76. The van der Waals surface area contributed by atoms with E-state index in [1.54, 1.807) is 0 Å². The smallest absolute Gasteiger partial charge is 0.128 e. The van der Waals surface area contributed by atoms with Gasteiger partial charge in [-0.2, -0.15) is 0 Å². The molecular formula is C17H32N4. The third-order valence-electron chi connectivity index (χ3n) is 4.63. The highest BCUT2D eigenvalue weighted by molar-refractivity contribution is 5.44. The van der Waals surface area contributed by atoms with E-state index in [0.717, 1.165) is 37.2 Å². The second-order valence-electron chi connectivity index (χ2n) is 5.86. The van der Waals surface area contributed by atoms with Gasteiger partial charge in [-0.25, -0.2) is 4.98 Å². The molecule has 0 amide bonds. The molecule has 0 spiro atoms. The van der Waals surface area contributed by atoms with Crippen LogP contribution in [0.2, 0.25) is 0 Å². The lowest BCUT2D eigenvalue weighted by Crippen LogP contribution is -2.54. The zero-order valence-corrected chi connectivity index (χ0v) is 14.5.